The molecule has 5 nitrogen and oxygen atoms in total. The largest absolute Gasteiger partial charge is 0.481 e. The molecule has 1 aromatic heterocycles. The quantitative estimate of drug-likeness (QED) is 0.642. The molecule has 2 unspecified atom stereocenters. The Kier molecular flexibility index (Phi) is 4.67. The number of amides is 1. The van der Waals surface area contributed by atoms with Gasteiger partial charge in [0.15, 0.2) is 6.10 Å². The fourth-order valence-corrected chi connectivity index (χ4v) is 3.93. The zero-order valence-corrected chi connectivity index (χ0v) is 16.3. The van der Waals surface area contributed by atoms with Gasteiger partial charge in [-0.25, -0.2) is 4.79 Å². The van der Waals surface area contributed by atoms with Gasteiger partial charge in [0.25, 0.3) is 5.91 Å². The molecule has 0 fully saturated rings. The van der Waals surface area contributed by atoms with Crippen molar-refractivity contribution in [2.24, 2.45) is 0 Å². The summed E-state index contributed by atoms with van der Waals surface area (Å²) in [5, 5.41) is 0.885. The summed E-state index contributed by atoms with van der Waals surface area (Å²) in [6, 6.07) is 14.9. The van der Waals surface area contributed by atoms with E-state index in [1.807, 2.05) is 49.1 Å². The first-order valence-corrected chi connectivity index (χ1v) is 9.62. The van der Waals surface area contributed by atoms with Crippen LogP contribution in [0.3, 0.4) is 0 Å². The summed E-state index contributed by atoms with van der Waals surface area (Å²) < 4.78 is 11.2. The van der Waals surface area contributed by atoms with E-state index in [1.54, 1.807) is 13.0 Å². The van der Waals surface area contributed by atoms with Gasteiger partial charge in [-0.3, -0.25) is 4.79 Å². The highest BCUT2D eigenvalue weighted by Crippen LogP contribution is 2.33. The number of nitrogens with zero attached hydrogens (tertiary/aromatic N) is 1. The van der Waals surface area contributed by atoms with Crippen molar-refractivity contribution in [2.45, 2.75) is 45.8 Å². The van der Waals surface area contributed by atoms with Crippen molar-refractivity contribution in [3.63, 3.8) is 0 Å². The first-order chi connectivity index (χ1) is 13.5. The number of fused-ring (bicyclic) bond motifs is 2. The Bertz CT molecular complexity index is 1100. The molecular formula is C23H23NO4. The summed E-state index contributed by atoms with van der Waals surface area (Å²) >= 11 is 0. The van der Waals surface area contributed by atoms with Crippen LogP contribution in [0.25, 0.3) is 11.0 Å². The van der Waals surface area contributed by atoms with E-state index in [4.69, 9.17) is 9.15 Å². The SMILES string of the molecule is CCc1cc(=O)oc2cc(OC(C)C(=O)N3c4ccccc4CC3C)ccc12. The smallest absolute Gasteiger partial charge is 0.336 e. The van der Waals surface area contributed by atoms with Gasteiger partial charge in [-0.15, -0.1) is 0 Å². The highest BCUT2D eigenvalue weighted by atomic mass is 16.5. The molecule has 144 valence electrons. The van der Waals surface area contributed by atoms with E-state index in [1.165, 1.54) is 11.6 Å². The average Bonchev–Trinajstić information content (AvgIpc) is 3.01. The molecule has 2 aromatic carbocycles. The maximum absolute atomic E-state index is 13.1. The number of aryl methyl sites for hydroxylation is 1. The van der Waals surface area contributed by atoms with E-state index < -0.39 is 6.10 Å². The second-order valence-corrected chi connectivity index (χ2v) is 7.25. The van der Waals surface area contributed by atoms with E-state index in [0.717, 1.165) is 29.5 Å². The number of hydrogen-bond acceptors (Lipinski definition) is 4. The molecule has 0 aliphatic carbocycles. The number of anilines is 1. The number of hydrogen-bond donors (Lipinski definition) is 0. The topological polar surface area (TPSA) is 59.8 Å². The molecule has 0 spiro atoms. The van der Waals surface area contributed by atoms with Crippen LogP contribution in [0.1, 0.15) is 31.9 Å². The van der Waals surface area contributed by atoms with Crippen LogP contribution < -0.4 is 15.3 Å². The van der Waals surface area contributed by atoms with Crippen molar-refractivity contribution in [1.82, 2.24) is 0 Å². The number of carbonyl (C=O) groups is 1. The third-order valence-electron chi connectivity index (χ3n) is 5.29. The lowest BCUT2D eigenvalue weighted by Crippen LogP contribution is -2.43. The standard InChI is InChI=1S/C23H23NO4/c1-4-16-12-22(25)28-21-13-18(9-10-19(16)21)27-15(3)23(26)24-14(2)11-17-7-5-6-8-20(17)24/h5-10,12-15H,4,11H2,1-3H3. The first kappa shape index (κ1) is 18.3. The van der Waals surface area contributed by atoms with E-state index in [2.05, 4.69) is 6.07 Å². The minimum atomic E-state index is -0.660. The molecule has 0 radical (unpaired) electrons. The van der Waals surface area contributed by atoms with Crippen molar-refractivity contribution in [3.05, 3.63) is 70.1 Å². The van der Waals surface area contributed by atoms with Gasteiger partial charge in [0, 0.05) is 29.2 Å². The number of rotatable bonds is 4. The van der Waals surface area contributed by atoms with Crippen molar-refractivity contribution in [3.8, 4) is 5.75 Å². The summed E-state index contributed by atoms with van der Waals surface area (Å²) in [5.74, 6) is 0.422. The molecular weight excluding hydrogens is 354 g/mol. The van der Waals surface area contributed by atoms with Crippen LogP contribution >= 0.6 is 0 Å². The Labute approximate surface area is 163 Å². The van der Waals surface area contributed by atoms with E-state index in [-0.39, 0.29) is 17.6 Å². The van der Waals surface area contributed by atoms with Crippen molar-refractivity contribution < 1.29 is 13.9 Å². The Morgan fingerprint density at radius 2 is 2.04 bits per heavy atom. The normalized spacial score (nSPS) is 16.8. The lowest BCUT2D eigenvalue weighted by atomic mass is 10.1. The van der Waals surface area contributed by atoms with E-state index in [0.29, 0.717) is 11.3 Å². The monoisotopic (exact) mass is 377 g/mol. The van der Waals surface area contributed by atoms with Gasteiger partial charge >= 0.3 is 5.63 Å². The van der Waals surface area contributed by atoms with Crippen LogP contribution in [0, 0.1) is 0 Å². The first-order valence-electron chi connectivity index (χ1n) is 9.62. The Morgan fingerprint density at radius 3 is 2.82 bits per heavy atom. The van der Waals surface area contributed by atoms with Crippen LogP contribution in [0.4, 0.5) is 5.69 Å². The zero-order chi connectivity index (χ0) is 19.8. The van der Waals surface area contributed by atoms with Crippen LogP contribution in [-0.4, -0.2) is 18.1 Å². The molecule has 0 saturated carbocycles. The van der Waals surface area contributed by atoms with Gasteiger partial charge < -0.3 is 14.1 Å². The fraction of sp³-hybridized carbons (Fsp3) is 0.304. The molecule has 3 aromatic rings. The second-order valence-electron chi connectivity index (χ2n) is 7.25. The molecule has 28 heavy (non-hydrogen) atoms. The molecule has 4 rings (SSSR count). The van der Waals surface area contributed by atoms with Crippen LogP contribution in [-0.2, 0) is 17.6 Å². The molecule has 1 amide bonds. The Morgan fingerprint density at radius 1 is 1.25 bits per heavy atom. The predicted octanol–water partition coefficient (Wildman–Crippen LogP) is 4.10. The average molecular weight is 377 g/mol. The summed E-state index contributed by atoms with van der Waals surface area (Å²) in [4.78, 5) is 26.6. The maximum Gasteiger partial charge on any atom is 0.336 e. The van der Waals surface area contributed by atoms with Gasteiger partial charge in [-0.05, 0) is 56.0 Å². The zero-order valence-electron chi connectivity index (χ0n) is 16.3. The minimum Gasteiger partial charge on any atom is -0.481 e. The number of ether oxygens (including phenoxy) is 1. The van der Waals surface area contributed by atoms with Crippen molar-refractivity contribution >= 4 is 22.6 Å². The third kappa shape index (κ3) is 3.17. The summed E-state index contributed by atoms with van der Waals surface area (Å²) in [5.41, 5.74) is 3.15. The molecule has 1 aliphatic rings. The highest BCUT2D eigenvalue weighted by molar-refractivity contribution is 5.99. The van der Waals surface area contributed by atoms with Crippen molar-refractivity contribution in [1.29, 1.82) is 0 Å². The maximum atomic E-state index is 13.1. The molecule has 1 aliphatic heterocycles. The number of para-hydroxylation sites is 1. The number of carbonyl (C=O) groups excluding carboxylic acids is 1. The molecule has 0 bridgehead atoms. The van der Waals surface area contributed by atoms with E-state index in [9.17, 15) is 9.59 Å². The van der Waals surface area contributed by atoms with Crippen LogP contribution in [0.15, 0.2) is 57.7 Å². The van der Waals surface area contributed by atoms with Gasteiger partial charge in [0.1, 0.15) is 11.3 Å². The Hall–Kier alpha value is -3.08. The highest BCUT2D eigenvalue weighted by Gasteiger charge is 2.33. The second kappa shape index (κ2) is 7.15. The van der Waals surface area contributed by atoms with Gasteiger partial charge in [-0.1, -0.05) is 25.1 Å². The van der Waals surface area contributed by atoms with E-state index >= 15 is 0 Å². The molecule has 5 heteroatoms. The molecule has 2 heterocycles. The summed E-state index contributed by atoms with van der Waals surface area (Å²) in [6.07, 6.45) is 0.922. The fourth-order valence-electron chi connectivity index (χ4n) is 3.93. The van der Waals surface area contributed by atoms with Gasteiger partial charge in [0.05, 0.1) is 0 Å². The van der Waals surface area contributed by atoms with Crippen molar-refractivity contribution in [2.75, 3.05) is 4.90 Å². The molecule has 2 atom stereocenters. The third-order valence-corrected chi connectivity index (χ3v) is 5.29. The summed E-state index contributed by atoms with van der Waals surface area (Å²) in [6.45, 7) is 5.79. The van der Waals surface area contributed by atoms with Crippen LogP contribution in [0.2, 0.25) is 0 Å². The predicted molar refractivity (Wildman–Crippen MR) is 109 cm³/mol. The van der Waals surface area contributed by atoms with Gasteiger partial charge in [0.2, 0.25) is 0 Å². The molecule has 0 N–H and O–H groups in total. The molecule has 0 saturated heterocycles. The lowest BCUT2D eigenvalue weighted by Gasteiger charge is -2.26. The minimum absolute atomic E-state index is 0.0821. The van der Waals surface area contributed by atoms with Crippen LogP contribution in [0.5, 0.6) is 5.75 Å². The number of benzene rings is 2. The summed E-state index contributed by atoms with van der Waals surface area (Å²) in [7, 11) is 0. The van der Waals surface area contributed by atoms with Gasteiger partial charge in [-0.2, -0.15) is 0 Å². The Balaban J connectivity index is 1.59. The lowest BCUT2D eigenvalue weighted by molar-refractivity contribution is -0.124.